The summed E-state index contributed by atoms with van der Waals surface area (Å²) in [7, 11) is 5.85. The summed E-state index contributed by atoms with van der Waals surface area (Å²) in [5.41, 5.74) is 0. The van der Waals surface area contributed by atoms with Crippen LogP contribution in [0.3, 0.4) is 0 Å². The van der Waals surface area contributed by atoms with Crippen molar-refractivity contribution < 1.29 is 0 Å². The average molecular weight is 236 g/mol. The summed E-state index contributed by atoms with van der Waals surface area (Å²) in [6, 6.07) is 0. The Morgan fingerprint density at radius 1 is 0.727 bits per heavy atom. The second-order valence-corrected chi connectivity index (χ2v) is 17.0. The average Bonchev–Trinajstić information content (AvgIpc) is 1.84. The molecule has 0 heterocycles. The van der Waals surface area contributed by atoms with Crippen molar-refractivity contribution in [2.75, 3.05) is 0 Å². The first-order valence-electron chi connectivity index (χ1n) is 4.42. The molecule has 2 heteroatoms. The Hall–Kier alpha value is 0.778. The van der Waals surface area contributed by atoms with Crippen molar-refractivity contribution in [2.45, 2.75) is 55.7 Å². The van der Waals surface area contributed by atoms with Gasteiger partial charge in [0.25, 0.3) is 0 Å². The first-order valence-corrected chi connectivity index (χ1v) is 10.3. The van der Waals surface area contributed by atoms with Crippen LogP contribution in [-0.2, 0) is 0 Å². The fourth-order valence-electron chi connectivity index (χ4n) is 1.79. The van der Waals surface area contributed by atoms with Crippen LogP contribution in [0.1, 0.15) is 41.5 Å². The Labute approximate surface area is 78.0 Å². The first kappa shape index (κ1) is 11.8. The van der Waals surface area contributed by atoms with Crippen molar-refractivity contribution >= 4 is 22.3 Å². The van der Waals surface area contributed by atoms with Crippen LogP contribution in [-0.4, -0.2) is 11.9 Å². The monoisotopic (exact) mass is 236 g/mol. The molecule has 0 rings (SSSR count). The number of hydrogen-bond donors (Lipinski definition) is 0. The summed E-state index contributed by atoms with van der Waals surface area (Å²) in [6.07, 6.45) is 0. The molecule has 0 fully saturated rings. The normalized spacial score (nSPS) is 13.5. The molecule has 0 unspecified atom stereocenters. The molecular weight excluding hydrogens is 215 g/mol. The molecule has 0 aromatic carbocycles. The van der Waals surface area contributed by atoms with Crippen LogP contribution in [0.4, 0.5) is 0 Å². The van der Waals surface area contributed by atoms with Crippen LogP contribution in [0.5, 0.6) is 0 Å². The van der Waals surface area contributed by atoms with E-state index in [0.29, 0.717) is 0 Å². The van der Waals surface area contributed by atoms with Gasteiger partial charge < -0.3 is 0 Å². The second kappa shape index (κ2) is 4.14. The minimum atomic E-state index is -1.75. The molecule has 0 N–H and O–H groups in total. The van der Waals surface area contributed by atoms with Crippen LogP contribution in [0, 0.1) is 0 Å². The molecule has 0 aliphatic heterocycles. The maximum atomic E-state index is 5.85. The van der Waals surface area contributed by atoms with Crippen LogP contribution in [0.2, 0.25) is 14.1 Å². The van der Waals surface area contributed by atoms with Gasteiger partial charge in [-0.1, -0.05) is 0 Å². The molecule has 0 bridgehead atoms. The summed E-state index contributed by atoms with van der Waals surface area (Å²) in [4.78, 5) is 0. The molecule has 0 saturated carbocycles. The molecule has 0 aromatic rings. The summed E-state index contributed by atoms with van der Waals surface area (Å²) < 4.78 is 2.30. The summed E-state index contributed by atoms with van der Waals surface area (Å²) in [5.74, 6) is 0. The third-order valence-corrected chi connectivity index (χ3v) is 19.2. The minimum absolute atomic E-state index is 0.767. The van der Waals surface area contributed by atoms with Crippen molar-refractivity contribution in [3.05, 3.63) is 0 Å². The molecule has 0 radical (unpaired) electrons. The van der Waals surface area contributed by atoms with E-state index >= 15 is 0 Å². The Balaban J connectivity index is 4.69. The third kappa shape index (κ3) is 2.36. The molecule has 0 saturated heterocycles. The molecule has 0 aliphatic carbocycles. The van der Waals surface area contributed by atoms with Gasteiger partial charge in [0.15, 0.2) is 0 Å². The first-order chi connectivity index (χ1) is 4.83. The fraction of sp³-hybridized carbons (Fsp3) is 1.00. The van der Waals surface area contributed by atoms with Gasteiger partial charge in [-0.2, -0.15) is 0 Å². The van der Waals surface area contributed by atoms with Gasteiger partial charge in [-0.15, -0.1) is 0 Å². The fourth-order valence-corrected chi connectivity index (χ4v) is 9.30. The Bertz CT molecular complexity index is 130. The van der Waals surface area contributed by atoms with Gasteiger partial charge in [-0.25, -0.2) is 0 Å². The van der Waals surface area contributed by atoms with Crippen LogP contribution in [0.25, 0.3) is 0 Å². The molecule has 0 aromatic heterocycles. The van der Waals surface area contributed by atoms with Crippen LogP contribution < -0.4 is 0 Å². The maximum absolute atomic E-state index is 5.85. The van der Waals surface area contributed by atoms with Gasteiger partial charge in [0.2, 0.25) is 0 Å². The molecule has 68 valence electrons. The zero-order valence-electron chi connectivity index (χ0n) is 8.59. The van der Waals surface area contributed by atoms with E-state index in [1.807, 2.05) is 0 Å². The molecule has 0 amide bonds. The standard InChI is InChI=1S/C9H21AsS/c1-7(2)10(11,8(3)4)9(5)6/h7-9H,1-6H3. The van der Waals surface area contributed by atoms with E-state index in [-0.39, 0.29) is 0 Å². The van der Waals surface area contributed by atoms with Crippen molar-refractivity contribution in [3.63, 3.8) is 0 Å². The van der Waals surface area contributed by atoms with Crippen molar-refractivity contribution in [3.8, 4) is 0 Å². The molecule has 0 nitrogen and oxygen atoms in total. The van der Waals surface area contributed by atoms with Gasteiger partial charge in [-0.05, 0) is 0 Å². The van der Waals surface area contributed by atoms with E-state index in [0.717, 1.165) is 14.1 Å². The summed E-state index contributed by atoms with van der Waals surface area (Å²) in [5, 5.41) is 0. The second-order valence-electron chi connectivity index (χ2n) is 4.04. The molecule has 0 atom stereocenters. The number of hydrogen-bond acceptors (Lipinski definition) is 1. The van der Waals surface area contributed by atoms with E-state index < -0.39 is 11.9 Å². The molecular formula is C9H21AsS. The van der Waals surface area contributed by atoms with Crippen LogP contribution in [0.15, 0.2) is 0 Å². The van der Waals surface area contributed by atoms with E-state index in [4.69, 9.17) is 10.4 Å². The van der Waals surface area contributed by atoms with E-state index in [2.05, 4.69) is 41.5 Å². The zero-order valence-corrected chi connectivity index (χ0v) is 11.3. The predicted molar refractivity (Wildman–Crippen MR) is 58.6 cm³/mol. The summed E-state index contributed by atoms with van der Waals surface area (Å²) in [6.45, 7) is 13.8. The van der Waals surface area contributed by atoms with Crippen LogP contribution >= 0.6 is 10.4 Å². The predicted octanol–water partition coefficient (Wildman–Crippen LogP) is 4.36. The van der Waals surface area contributed by atoms with Gasteiger partial charge in [0, 0.05) is 0 Å². The quantitative estimate of drug-likeness (QED) is 0.656. The number of rotatable bonds is 3. The zero-order chi connectivity index (χ0) is 9.23. The van der Waals surface area contributed by atoms with Crippen molar-refractivity contribution in [1.82, 2.24) is 0 Å². The Kier molecular flexibility index (Phi) is 4.43. The topological polar surface area (TPSA) is 0 Å². The van der Waals surface area contributed by atoms with E-state index in [1.54, 1.807) is 0 Å². The van der Waals surface area contributed by atoms with Crippen molar-refractivity contribution in [2.24, 2.45) is 0 Å². The molecule has 11 heavy (non-hydrogen) atoms. The van der Waals surface area contributed by atoms with Gasteiger partial charge in [0.1, 0.15) is 0 Å². The molecule has 0 aliphatic rings. The van der Waals surface area contributed by atoms with E-state index in [9.17, 15) is 0 Å². The van der Waals surface area contributed by atoms with Gasteiger partial charge in [-0.3, -0.25) is 0 Å². The SMILES string of the molecule is CC(C)[As](=S)(C(C)C)C(C)C. The van der Waals surface area contributed by atoms with Crippen molar-refractivity contribution in [1.29, 1.82) is 0 Å². The Morgan fingerprint density at radius 3 is 0.909 bits per heavy atom. The Morgan fingerprint density at radius 2 is 0.909 bits per heavy atom. The molecule has 0 spiro atoms. The third-order valence-electron chi connectivity index (χ3n) is 2.42. The van der Waals surface area contributed by atoms with E-state index in [1.165, 1.54) is 0 Å². The van der Waals surface area contributed by atoms with Gasteiger partial charge in [0.05, 0.1) is 0 Å². The summed E-state index contributed by atoms with van der Waals surface area (Å²) >= 11 is -1.75. The van der Waals surface area contributed by atoms with Gasteiger partial charge >= 0.3 is 77.9 Å².